The van der Waals surface area contributed by atoms with Gasteiger partial charge in [-0.25, -0.2) is 4.98 Å². The fourth-order valence-electron chi connectivity index (χ4n) is 1.73. The zero-order chi connectivity index (χ0) is 12.1. The number of benzene rings is 1. The standard InChI is InChI=1S/C14H18N2O/c1-3-13-9-16-14(17-13)10-15-8-12-6-4-5-11(2)7-12/h4-7,9,15H,3,8,10H2,1-2H3. The first-order valence-electron chi connectivity index (χ1n) is 5.97. The van der Waals surface area contributed by atoms with E-state index >= 15 is 0 Å². The molecule has 90 valence electrons. The number of hydrogen-bond acceptors (Lipinski definition) is 3. The highest BCUT2D eigenvalue weighted by molar-refractivity contribution is 5.21. The fraction of sp³-hybridized carbons (Fsp3) is 0.357. The van der Waals surface area contributed by atoms with Crippen molar-refractivity contribution in [1.82, 2.24) is 10.3 Å². The zero-order valence-corrected chi connectivity index (χ0v) is 10.4. The third-order valence-corrected chi connectivity index (χ3v) is 2.64. The second-order valence-corrected chi connectivity index (χ2v) is 4.17. The Kier molecular flexibility index (Phi) is 3.94. The Morgan fingerprint density at radius 1 is 1.29 bits per heavy atom. The Bertz CT molecular complexity index is 477. The first-order valence-corrected chi connectivity index (χ1v) is 5.97. The van der Waals surface area contributed by atoms with Gasteiger partial charge in [0.2, 0.25) is 5.89 Å². The van der Waals surface area contributed by atoms with Crippen molar-refractivity contribution in [3.63, 3.8) is 0 Å². The number of aromatic nitrogens is 1. The monoisotopic (exact) mass is 230 g/mol. The molecule has 0 unspecified atom stereocenters. The summed E-state index contributed by atoms with van der Waals surface area (Å²) in [7, 11) is 0. The van der Waals surface area contributed by atoms with Crippen molar-refractivity contribution < 1.29 is 4.42 Å². The maximum absolute atomic E-state index is 5.52. The number of nitrogens with one attached hydrogen (secondary N) is 1. The molecule has 1 aromatic carbocycles. The molecule has 0 bridgehead atoms. The molecule has 0 fully saturated rings. The Hall–Kier alpha value is -1.61. The molecule has 0 radical (unpaired) electrons. The Morgan fingerprint density at radius 3 is 2.88 bits per heavy atom. The van der Waals surface area contributed by atoms with Crippen LogP contribution in [0.4, 0.5) is 0 Å². The summed E-state index contributed by atoms with van der Waals surface area (Å²) >= 11 is 0. The molecule has 2 aromatic rings. The lowest BCUT2D eigenvalue weighted by atomic mass is 10.1. The van der Waals surface area contributed by atoms with Crippen molar-refractivity contribution in [3.05, 3.63) is 53.2 Å². The minimum absolute atomic E-state index is 0.675. The van der Waals surface area contributed by atoms with E-state index in [0.29, 0.717) is 6.54 Å². The van der Waals surface area contributed by atoms with Gasteiger partial charge in [-0.15, -0.1) is 0 Å². The van der Waals surface area contributed by atoms with Crippen LogP contribution in [0.1, 0.15) is 29.7 Å². The van der Waals surface area contributed by atoms with Crippen molar-refractivity contribution in [3.8, 4) is 0 Å². The zero-order valence-electron chi connectivity index (χ0n) is 10.4. The minimum Gasteiger partial charge on any atom is -0.444 e. The van der Waals surface area contributed by atoms with Crippen LogP contribution in [-0.4, -0.2) is 4.98 Å². The third kappa shape index (κ3) is 3.43. The molecule has 17 heavy (non-hydrogen) atoms. The molecule has 0 aliphatic rings. The molecule has 0 amide bonds. The molecular weight excluding hydrogens is 212 g/mol. The van der Waals surface area contributed by atoms with Gasteiger partial charge in [0.15, 0.2) is 0 Å². The van der Waals surface area contributed by atoms with Gasteiger partial charge < -0.3 is 9.73 Å². The van der Waals surface area contributed by atoms with E-state index < -0.39 is 0 Å². The largest absolute Gasteiger partial charge is 0.444 e. The Labute approximate surface area is 102 Å². The third-order valence-electron chi connectivity index (χ3n) is 2.64. The second-order valence-electron chi connectivity index (χ2n) is 4.17. The van der Waals surface area contributed by atoms with Crippen molar-refractivity contribution in [2.75, 3.05) is 0 Å². The maximum Gasteiger partial charge on any atom is 0.208 e. The maximum atomic E-state index is 5.52. The van der Waals surface area contributed by atoms with Crippen LogP contribution in [0, 0.1) is 6.92 Å². The summed E-state index contributed by atoms with van der Waals surface area (Å²) in [4.78, 5) is 4.21. The van der Waals surface area contributed by atoms with E-state index in [2.05, 4.69) is 48.4 Å². The van der Waals surface area contributed by atoms with E-state index in [1.807, 2.05) is 0 Å². The molecule has 0 spiro atoms. The molecule has 0 aliphatic heterocycles. The van der Waals surface area contributed by atoms with Gasteiger partial charge in [0, 0.05) is 13.0 Å². The Morgan fingerprint density at radius 2 is 2.18 bits per heavy atom. The highest BCUT2D eigenvalue weighted by Gasteiger charge is 2.01. The predicted octanol–water partition coefficient (Wildman–Crippen LogP) is 2.84. The highest BCUT2D eigenvalue weighted by Crippen LogP contribution is 2.06. The van der Waals surface area contributed by atoms with Crippen LogP contribution in [0.3, 0.4) is 0 Å². The second kappa shape index (κ2) is 5.64. The molecule has 1 N–H and O–H groups in total. The van der Waals surface area contributed by atoms with Gasteiger partial charge in [-0.2, -0.15) is 0 Å². The normalized spacial score (nSPS) is 10.7. The fourth-order valence-corrected chi connectivity index (χ4v) is 1.73. The molecule has 3 nitrogen and oxygen atoms in total. The van der Waals surface area contributed by atoms with E-state index in [9.17, 15) is 0 Å². The van der Waals surface area contributed by atoms with Gasteiger partial charge in [-0.3, -0.25) is 0 Å². The summed E-state index contributed by atoms with van der Waals surface area (Å²) < 4.78 is 5.52. The summed E-state index contributed by atoms with van der Waals surface area (Å²) in [5.74, 6) is 1.70. The number of nitrogens with zero attached hydrogens (tertiary/aromatic N) is 1. The van der Waals surface area contributed by atoms with E-state index in [1.165, 1.54) is 11.1 Å². The number of hydrogen-bond donors (Lipinski definition) is 1. The molecule has 0 saturated heterocycles. The lowest BCUT2D eigenvalue weighted by molar-refractivity contribution is 0.439. The van der Waals surface area contributed by atoms with Crippen LogP contribution in [0.15, 0.2) is 34.9 Å². The molecular formula is C14H18N2O. The number of oxazole rings is 1. The molecule has 0 atom stereocenters. The summed E-state index contributed by atoms with van der Waals surface area (Å²) in [5.41, 5.74) is 2.57. The van der Waals surface area contributed by atoms with Crippen LogP contribution in [-0.2, 0) is 19.5 Å². The molecule has 1 heterocycles. The molecule has 3 heteroatoms. The van der Waals surface area contributed by atoms with E-state index in [0.717, 1.165) is 24.6 Å². The quantitative estimate of drug-likeness (QED) is 0.858. The summed E-state index contributed by atoms with van der Waals surface area (Å²) in [6, 6.07) is 8.48. The average Bonchev–Trinajstić information content (AvgIpc) is 2.77. The van der Waals surface area contributed by atoms with E-state index in [-0.39, 0.29) is 0 Å². The summed E-state index contributed by atoms with van der Waals surface area (Å²) in [5, 5.41) is 3.33. The lowest BCUT2D eigenvalue weighted by Crippen LogP contribution is -2.12. The van der Waals surface area contributed by atoms with Crippen molar-refractivity contribution in [1.29, 1.82) is 0 Å². The van der Waals surface area contributed by atoms with Crippen LogP contribution in [0.25, 0.3) is 0 Å². The van der Waals surface area contributed by atoms with Crippen LogP contribution < -0.4 is 5.32 Å². The predicted molar refractivity (Wildman–Crippen MR) is 67.6 cm³/mol. The van der Waals surface area contributed by atoms with E-state index in [1.54, 1.807) is 6.20 Å². The van der Waals surface area contributed by atoms with Gasteiger partial charge in [0.05, 0.1) is 12.7 Å². The molecule has 2 rings (SSSR count). The smallest absolute Gasteiger partial charge is 0.208 e. The summed E-state index contributed by atoms with van der Waals surface area (Å²) in [6.07, 6.45) is 2.69. The van der Waals surface area contributed by atoms with Gasteiger partial charge in [0.1, 0.15) is 5.76 Å². The minimum atomic E-state index is 0.675. The molecule has 0 aliphatic carbocycles. The van der Waals surface area contributed by atoms with E-state index in [4.69, 9.17) is 4.42 Å². The Balaban J connectivity index is 1.83. The van der Waals surface area contributed by atoms with Gasteiger partial charge in [-0.05, 0) is 12.5 Å². The first-order chi connectivity index (χ1) is 8.28. The number of rotatable bonds is 5. The highest BCUT2D eigenvalue weighted by atomic mass is 16.4. The SMILES string of the molecule is CCc1cnc(CNCc2cccc(C)c2)o1. The van der Waals surface area contributed by atoms with Crippen molar-refractivity contribution in [2.45, 2.75) is 33.4 Å². The molecule has 0 saturated carbocycles. The average molecular weight is 230 g/mol. The van der Waals surface area contributed by atoms with Gasteiger partial charge >= 0.3 is 0 Å². The van der Waals surface area contributed by atoms with Crippen molar-refractivity contribution >= 4 is 0 Å². The first kappa shape index (κ1) is 11.9. The van der Waals surface area contributed by atoms with Gasteiger partial charge in [-0.1, -0.05) is 36.8 Å². The number of aryl methyl sites for hydroxylation is 2. The topological polar surface area (TPSA) is 38.1 Å². The summed E-state index contributed by atoms with van der Waals surface area (Å²) in [6.45, 7) is 5.68. The van der Waals surface area contributed by atoms with Crippen LogP contribution >= 0.6 is 0 Å². The molecule has 1 aromatic heterocycles. The lowest BCUT2D eigenvalue weighted by Gasteiger charge is -2.03. The van der Waals surface area contributed by atoms with Crippen LogP contribution in [0.5, 0.6) is 0 Å². The van der Waals surface area contributed by atoms with Crippen LogP contribution in [0.2, 0.25) is 0 Å². The van der Waals surface area contributed by atoms with Gasteiger partial charge in [0.25, 0.3) is 0 Å². The van der Waals surface area contributed by atoms with Crippen molar-refractivity contribution in [2.24, 2.45) is 0 Å².